The van der Waals surface area contributed by atoms with Crippen molar-refractivity contribution in [3.8, 4) is 0 Å². The average molecular weight is 505 g/mol. The Bertz CT molecular complexity index is 565. The topological polar surface area (TPSA) is 60.7 Å². The fourth-order valence-electron chi connectivity index (χ4n) is 3.49. The molecule has 162 valence electrons. The first-order chi connectivity index (χ1) is 13.0. The van der Waals surface area contributed by atoms with Crippen LogP contribution in [0.2, 0.25) is 0 Å². The van der Waals surface area contributed by atoms with Crippen LogP contribution in [0.15, 0.2) is 17.4 Å². The molecule has 0 bridgehead atoms. The van der Waals surface area contributed by atoms with Crippen LogP contribution in [0.5, 0.6) is 0 Å². The zero-order chi connectivity index (χ0) is 19.6. The van der Waals surface area contributed by atoms with Crippen LogP contribution in [0.1, 0.15) is 44.7 Å². The summed E-state index contributed by atoms with van der Waals surface area (Å²) < 4.78 is 1.85. The lowest BCUT2D eigenvalue weighted by atomic mass is 9.99. The SMILES string of the molecule is CCNC(=NCC(c1cnn(C)c1)N(C)C)NCCCN1CCC(C)CC1.I. The molecule has 7 nitrogen and oxygen atoms in total. The standard InChI is InChI=1S/C20H39N7.HI/c1-6-21-20(22-10-7-11-27-12-8-17(2)9-13-27)23-15-19(25(3)4)18-14-24-26(5)16-18;/h14,16-17,19H,6-13,15H2,1-5H3,(H2,21,22,23);1H. The van der Waals surface area contributed by atoms with E-state index in [-0.39, 0.29) is 30.0 Å². The monoisotopic (exact) mass is 505 g/mol. The second kappa shape index (κ2) is 13.4. The van der Waals surface area contributed by atoms with Crippen molar-refractivity contribution in [2.45, 2.75) is 39.2 Å². The van der Waals surface area contributed by atoms with Gasteiger partial charge in [-0.1, -0.05) is 6.92 Å². The van der Waals surface area contributed by atoms with Crippen molar-refractivity contribution in [2.24, 2.45) is 18.0 Å². The molecule has 1 aliphatic heterocycles. The van der Waals surface area contributed by atoms with Gasteiger partial charge in [-0.2, -0.15) is 5.10 Å². The van der Waals surface area contributed by atoms with Crippen molar-refractivity contribution < 1.29 is 0 Å². The highest BCUT2D eigenvalue weighted by molar-refractivity contribution is 14.0. The molecule has 1 saturated heterocycles. The highest BCUT2D eigenvalue weighted by atomic mass is 127. The normalized spacial score (nSPS) is 17.4. The number of likely N-dealkylation sites (N-methyl/N-ethyl adjacent to an activating group) is 1. The first kappa shape index (κ1) is 25.2. The summed E-state index contributed by atoms with van der Waals surface area (Å²) in [5.41, 5.74) is 1.20. The molecule has 1 aliphatic rings. The average Bonchev–Trinajstić information content (AvgIpc) is 3.06. The van der Waals surface area contributed by atoms with Crippen LogP contribution in [-0.4, -0.2) is 78.9 Å². The Labute approximate surface area is 188 Å². The first-order valence-corrected chi connectivity index (χ1v) is 10.4. The number of likely N-dealkylation sites (tertiary alicyclic amines) is 1. The molecule has 1 unspecified atom stereocenters. The van der Waals surface area contributed by atoms with Crippen molar-refractivity contribution in [2.75, 3.05) is 53.4 Å². The molecule has 0 amide bonds. The molecular weight excluding hydrogens is 465 g/mol. The number of rotatable bonds is 9. The number of piperidine rings is 1. The van der Waals surface area contributed by atoms with Gasteiger partial charge in [0.05, 0.1) is 18.8 Å². The lowest BCUT2D eigenvalue weighted by Crippen LogP contribution is -2.40. The Hall–Kier alpha value is -0.870. The number of guanidine groups is 1. The summed E-state index contributed by atoms with van der Waals surface area (Å²) in [5, 5.41) is 11.2. The Kier molecular flexibility index (Phi) is 12.0. The summed E-state index contributed by atoms with van der Waals surface area (Å²) in [4.78, 5) is 9.61. The van der Waals surface area contributed by atoms with E-state index in [4.69, 9.17) is 4.99 Å². The number of hydrogen-bond donors (Lipinski definition) is 2. The number of nitrogens with zero attached hydrogens (tertiary/aromatic N) is 5. The number of aryl methyl sites for hydroxylation is 1. The third-order valence-corrected chi connectivity index (χ3v) is 5.32. The van der Waals surface area contributed by atoms with Gasteiger partial charge in [0.2, 0.25) is 0 Å². The maximum atomic E-state index is 4.82. The van der Waals surface area contributed by atoms with Gasteiger partial charge in [0.25, 0.3) is 0 Å². The maximum Gasteiger partial charge on any atom is 0.191 e. The van der Waals surface area contributed by atoms with Crippen LogP contribution in [0, 0.1) is 5.92 Å². The van der Waals surface area contributed by atoms with E-state index in [9.17, 15) is 0 Å². The molecule has 0 saturated carbocycles. The minimum absolute atomic E-state index is 0. The van der Waals surface area contributed by atoms with Gasteiger partial charge >= 0.3 is 0 Å². The third-order valence-electron chi connectivity index (χ3n) is 5.32. The molecule has 2 heterocycles. The first-order valence-electron chi connectivity index (χ1n) is 10.4. The molecule has 0 aliphatic carbocycles. The summed E-state index contributed by atoms with van der Waals surface area (Å²) >= 11 is 0. The molecule has 1 aromatic heterocycles. The number of halogens is 1. The second-order valence-electron chi connectivity index (χ2n) is 7.95. The molecule has 1 aromatic rings. The van der Waals surface area contributed by atoms with Crippen LogP contribution in [-0.2, 0) is 7.05 Å². The van der Waals surface area contributed by atoms with E-state index in [0.29, 0.717) is 6.54 Å². The van der Waals surface area contributed by atoms with E-state index in [1.807, 2.05) is 17.9 Å². The summed E-state index contributed by atoms with van der Waals surface area (Å²) in [6, 6.07) is 0.226. The van der Waals surface area contributed by atoms with E-state index in [1.165, 1.54) is 38.0 Å². The molecule has 0 aromatic carbocycles. The molecule has 2 N–H and O–H groups in total. The van der Waals surface area contributed by atoms with Gasteiger partial charge in [-0.15, -0.1) is 24.0 Å². The van der Waals surface area contributed by atoms with Crippen molar-refractivity contribution in [3.63, 3.8) is 0 Å². The highest BCUT2D eigenvalue weighted by Crippen LogP contribution is 2.17. The molecule has 0 spiro atoms. The van der Waals surface area contributed by atoms with Crippen molar-refractivity contribution >= 4 is 29.9 Å². The van der Waals surface area contributed by atoms with Gasteiger partial charge in [-0.25, -0.2) is 0 Å². The minimum atomic E-state index is 0. The Morgan fingerprint density at radius 1 is 1.32 bits per heavy atom. The lowest BCUT2D eigenvalue weighted by Gasteiger charge is -2.30. The molecule has 1 fully saturated rings. The van der Waals surface area contributed by atoms with Gasteiger partial charge in [0, 0.05) is 31.9 Å². The smallest absolute Gasteiger partial charge is 0.191 e. The van der Waals surface area contributed by atoms with Gasteiger partial charge in [-0.3, -0.25) is 9.67 Å². The lowest BCUT2D eigenvalue weighted by molar-refractivity contribution is 0.191. The van der Waals surface area contributed by atoms with Crippen molar-refractivity contribution in [1.82, 2.24) is 30.2 Å². The second-order valence-corrected chi connectivity index (χ2v) is 7.95. The van der Waals surface area contributed by atoms with E-state index in [2.05, 4.69) is 59.7 Å². The Morgan fingerprint density at radius 3 is 2.61 bits per heavy atom. The quantitative estimate of drug-likeness (QED) is 0.234. The third kappa shape index (κ3) is 8.65. The Morgan fingerprint density at radius 2 is 2.04 bits per heavy atom. The predicted octanol–water partition coefficient (Wildman–Crippen LogP) is 2.32. The summed E-state index contributed by atoms with van der Waals surface area (Å²) in [7, 11) is 6.13. The van der Waals surface area contributed by atoms with Gasteiger partial charge in [0.15, 0.2) is 5.96 Å². The van der Waals surface area contributed by atoms with Crippen LogP contribution in [0.3, 0.4) is 0 Å². The highest BCUT2D eigenvalue weighted by Gasteiger charge is 2.16. The van der Waals surface area contributed by atoms with Gasteiger partial charge in [0.1, 0.15) is 0 Å². The molecule has 28 heavy (non-hydrogen) atoms. The fourth-order valence-corrected chi connectivity index (χ4v) is 3.49. The zero-order valence-electron chi connectivity index (χ0n) is 18.3. The van der Waals surface area contributed by atoms with Gasteiger partial charge < -0.3 is 20.4 Å². The molecular formula is C20H40IN7. The van der Waals surface area contributed by atoms with Crippen molar-refractivity contribution in [1.29, 1.82) is 0 Å². The number of aliphatic imine (C=N–C) groups is 1. The van der Waals surface area contributed by atoms with E-state index < -0.39 is 0 Å². The molecule has 8 heteroatoms. The van der Waals surface area contributed by atoms with E-state index in [0.717, 1.165) is 31.4 Å². The zero-order valence-corrected chi connectivity index (χ0v) is 20.6. The molecule has 1 atom stereocenters. The number of aromatic nitrogens is 2. The maximum absolute atomic E-state index is 4.82. The van der Waals surface area contributed by atoms with E-state index in [1.54, 1.807) is 0 Å². The summed E-state index contributed by atoms with van der Waals surface area (Å²) in [6.07, 6.45) is 7.84. The minimum Gasteiger partial charge on any atom is -0.357 e. The fraction of sp³-hybridized carbons (Fsp3) is 0.800. The van der Waals surface area contributed by atoms with Crippen LogP contribution >= 0.6 is 24.0 Å². The Balaban J connectivity index is 0.00000392. The van der Waals surface area contributed by atoms with Crippen molar-refractivity contribution in [3.05, 3.63) is 18.0 Å². The van der Waals surface area contributed by atoms with Crippen LogP contribution in [0.4, 0.5) is 0 Å². The van der Waals surface area contributed by atoms with Gasteiger partial charge in [-0.05, 0) is 65.8 Å². The van der Waals surface area contributed by atoms with Crippen LogP contribution < -0.4 is 10.6 Å². The summed E-state index contributed by atoms with van der Waals surface area (Å²) in [5.74, 6) is 1.80. The number of nitrogens with one attached hydrogen (secondary N) is 2. The predicted molar refractivity (Wildman–Crippen MR) is 128 cm³/mol. The summed E-state index contributed by atoms with van der Waals surface area (Å²) in [6.45, 7) is 10.7. The molecule has 0 radical (unpaired) electrons. The molecule has 2 rings (SSSR count). The van der Waals surface area contributed by atoms with E-state index >= 15 is 0 Å². The largest absolute Gasteiger partial charge is 0.357 e. The van der Waals surface area contributed by atoms with Crippen LogP contribution in [0.25, 0.3) is 0 Å². The number of hydrogen-bond acceptors (Lipinski definition) is 4.